The monoisotopic (exact) mass is 276 g/mol. The van der Waals surface area contributed by atoms with Crippen molar-refractivity contribution in [3.05, 3.63) is 0 Å². The summed E-state index contributed by atoms with van der Waals surface area (Å²) in [6.45, 7) is 2.12. The maximum Gasteiger partial charge on any atom is 1.00 e. The summed E-state index contributed by atoms with van der Waals surface area (Å²) < 4.78 is 30.8. The maximum absolute atomic E-state index is 10.3. The fourth-order valence-electron chi connectivity index (χ4n) is 1.45. The van der Waals surface area contributed by atoms with Crippen LogP contribution in [0, 0.1) is 0 Å². The van der Waals surface area contributed by atoms with Gasteiger partial charge >= 0.3 is 51.4 Å². The third kappa shape index (κ3) is 15.5. The van der Waals surface area contributed by atoms with Crippen molar-refractivity contribution in [2.45, 2.75) is 58.0 Å². The average Bonchev–Trinajstić information content (AvgIpc) is 2.10. The van der Waals surface area contributed by atoms with Crippen LogP contribution >= 0.6 is 0 Å². The molecule has 92 valence electrons. The molecule has 0 fully saturated rings. The Balaban J connectivity index is 0. The van der Waals surface area contributed by atoms with Crippen LogP contribution < -0.4 is 51.4 Å². The average molecular weight is 276 g/mol. The summed E-state index contributed by atoms with van der Waals surface area (Å²) in [4.78, 5) is 0. The van der Waals surface area contributed by atoms with Crippen molar-refractivity contribution in [1.82, 2.24) is 0 Å². The molecule has 0 aliphatic rings. The molecule has 0 aromatic rings. The largest absolute Gasteiger partial charge is 1.00 e. The summed E-state index contributed by atoms with van der Waals surface area (Å²) >= 11 is 0. The summed E-state index contributed by atoms with van der Waals surface area (Å²) in [6.07, 6.45) is 5.33. The summed E-state index contributed by atoms with van der Waals surface area (Å²) in [6, 6.07) is 0. The number of hydrogen-bond acceptors (Lipinski definition) is 4. The summed E-state index contributed by atoms with van der Waals surface area (Å²) in [5.74, 6) is -0.362. The van der Waals surface area contributed by atoms with Gasteiger partial charge in [-0.1, -0.05) is 32.6 Å². The van der Waals surface area contributed by atoms with E-state index in [0.717, 1.165) is 19.3 Å². The molecule has 0 aromatic heterocycles. The molecule has 16 heavy (non-hydrogen) atoms. The topological polar surface area (TPSA) is 77.4 Å². The van der Waals surface area contributed by atoms with Crippen molar-refractivity contribution in [2.24, 2.45) is 0 Å². The van der Waals surface area contributed by atoms with Gasteiger partial charge in [-0.3, -0.25) is 0 Å². The molecule has 0 rings (SSSR count). The summed E-state index contributed by atoms with van der Waals surface area (Å²) in [5, 5.41) is 9.45. The summed E-state index contributed by atoms with van der Waals surface area (Å²) in [5.41, 5.74) is 0. The van der Waals surface area contributed by atoms with Crippen LogP contribution in [0.25, 0.3) is 0 Å². The van der Waals surface area contributed by atoms with Gasteiger partial charge in [0.05, 0.1) is 16.2 Å². The fourth-order valence-corrected chi connectivity index (χ4v) is 1.97. The van der Waals surface area contributed by atoms with Gasteiger partial charge in [-0.05, 0) is 19.3 Å². The second-order valence-electron chi connectivity index (χ2n) is 3.91. The zero-order valence-corrected chi connectivity index (χ0v) is 14.3. The van der Waals surface area contributed by atoms with E-state index in [1.807, 2.05) is 0 Å². The van der Waals surface area contributed by atoms with E-state index >= 15 is 0 Å². The van der Waals surface area contributed by atoms with Crippen LogP contribution in [0.1, 0.15) is 51.9 Å². The van der Waals surface area contributed by atoms with Crippen LogP contribution in [-0.2, 0) is 10.1 Å². The van der Waals surface area contributed by atoms with Gasteiger partial charge in [0.15, 0.2) is 0 Å². The summed E-state index contributed by atoms with van der Waals surface area (Å²) in [7, 11) is -4.11. The molecule has 0 aliphatic heterocycles. The van der Waals surface area contributed by atoms with Crippen LogP contribution in [0.3, 0.4) is 0 Å². The number of aliphatic hydroxyl groups is 1. The van der Waals surface area contributed by atoms with E-state index in [1.54, 1.807) is 0 Å². The van der Waals surface area contributed by atoms with Crippen molar-refractivity contribution in [3.8, 4) is 0 Å². The van der Waals surface area contributed by atoms with Crippen LogP contribution in [0.4, 0.5) is 0 Å². The number of unbranched alkanes of at least 4 members (excludes halogenated alkanes) is 3. The van der Waals surface area contributed by atoms with Crippen LogP contribution in [0.15, 0.2) is 0 Å². The Morgan fingerprint density at radius 1 is 1.12 bits per heavy atom. The van der Waals surface area contributed by atoms with Crippen molar-refractivity contribution < 1.29 is 69.5 Å². The molecule has 4 nitrogen and oxygen atoms in total. The minimum absolute atomic E-state index is 0. The molecule has 0 bridgehead atoms. The quantitative estimate of drug-likeness (QED) is 0.321. The second kappa shape index (κ2) is 11.6. The van der Waals surface area contributed by atoms with Gasteiger partial charge in [-0.15, -0.1) is 0 Å². The first-order chi connectivity index (χ1) is 6.95. The van der Waals surface area contributed by atoms with Gasteiger partial charge < -0.3 is 9.66 Å². The van der Waals surface area contributed by atoms with Gasteiger partial charge in [0.1, 0.15) is 0 Å². The van der Waals surface area contributed by atoms with Crippen LogP contribution in [-0.4, -0.2) is 29.9 Å². The molecule has 1 N–H and O–H groups in total. The van der Waals surface area contributed by atoms with Gasteiger partial charge in [0.25, 0.3) is 0 Å². The van der Waals surface area contributed by atoms with Crippen molar-refractivity contribution in [1.29, 1.82) is 0 Å². The van der Waals surface area contributed by atoms with Gasteiger partial charge in [0.2, 0.25) is 0 Å². The molecular weight excluding hydrogens is 255 g/mol. The molecule has 0 aliphatic carbocycles. The molecule has 0 aromatic carbocycles. The number of hydrogen-bond donors (Lipinski definition) is 1. The molecule has 0 amide bonds. The van der Waals surface area contributed by atoms with E-state index in [4.69, 9.17) is 0 Å². The normalized spacial score (nSPS) is 13.2. The number of aliphatic hydroxyl groups excluding tert-OH is 1. The van der Waals surface area contributed by atoms with Crippen molar-refractivity contribution >= 4 is 10.1 Å². The number of rotatable bonds is 9. The molecule has 0 heterocycles. The van der Waals surface area contributed by atoms with E-state index in [-0.39, 0.29) is 63.6 Å². The second-order valence-corrected chi connectivity index (χ2v) is 5.43. The molecule has 6 heteroatoms. The molecule has 1 unspecified atom stereocenters. The van der Waals surface area contributed by atoms with Crippen molar-refractivity contribution in [3.63, 3.8) is 0 Å². The minimum atomic E-state index is -4.11. The van der Waals surface area contributed by atoms with Gasteiger partial charge in [-0.2, -0.15) is 0 Å². The fraction of sp³-hybridized carbons (Fsp3) is 1.00. The van der Waals surface area contributed by atoms with E-state index in [9.17, 15) is 18.1 Å². The third-order valence-corrected chi connectivity index (χ3v) is 3.11. The Kier molecular flexibility index (Phi) is 14.4. The first kappa shape index (κ1) is 19.8. The van der Waals surface area contributed by atoms with E-state index in [2.05, 4.69) is 6.92 Å². The SMILES string of the molecule is CCCCCCC(O)CCCS(=O)(=O)[O-].[K+]. The minimum Gasteiger partial charge on any atom is -0.748 e. The molecule has 0 radical (unpaired) electrons. The molecule has 0 saturated heterocycles. The zero-order chi connectivity index (χ0) is 11.7. The molecule has 0 saturated carbocycles. The molecule has 1 atom stereocenters. The first-order valence-corrected chi connectivity index (χ1v) is 7.15. The van der Waals surface area contributed by atoms with Crippen LogP contribution in [0.2, 0.25) is 0 Å². The predicted octanol–water partition coefficient (Wildman–Crippen LogP) is -1.35. The van der Waals surface area contributed by atoms with E-state index in [0.29, 0.717) is 12.8 Å². The Hall–Kier alpha value is 1.51. The third-order valence-electron chi connectivity index (χ3n) is 2.32. The Morgan fingerprint density at radius 3 is 2.19 bits per heavy atom. The Bertz CT molecular complexity index is 241. The van der Waals surface area contributed by atoms with Crippen molar-refractivity contribution in [2.75, 3.05) is 5.75 Å². The predicted molar refractivity (Wildman–Crippen MR) is 58.6 cm³/mol. The van der Waals surface area contributed by atoms with Crippen LogP contribution in [0.5, 0.6) is 0 Å². The standard InChI is InChI=1S/C10H22O4S.K/c1-2-3-4-5-7-10(11)8-6-9-15(12,13)14;/h10-11H,2-9H2,1H3,(H,12,13,14);/q;+1/p-1. The maximum atomic E-state index is 10.3. The van der Waals surface area contributed by atoms with E-state index < -0.39 is 16.2 Å². The molecular formula is C10H21KO4S. The Morgan fingerprint density at radius 2 is 1.69 bits per heavy atom. The zero-order valence-electron chi connectivity index (χ0n) is 10.3. The smallest absolute Gasteiger partial charge is 0.748 e. The molecule has 0 spiro atoms. The van der Waals surface area contributed by atoms with Gasteiger partial charge in [0, 0.05) is 5.75 Å². The first-order valence-electron chi connectivity index (χ1n) is 5.57. The Labute approximate surface area is 141 Å². The van der Waals surface area contributed by atoms with E-state index in [1.165, 1.54) is 6.42 Å². The van der Waals surface area contributed by atoms with Gasteiger partial charge in [-0.25, -0.2) is 8.42 Å².